The van der Waals surface area contributed by atoms with E-state index in [4.69, 9.17) is 0 Å². The SMILES string of the molecule is CCCN1CCN(c2cc(C(C)C)ccc2C)CC1. The molecule has 0 saturated carbocycles. The van der Waals surface area contributed by atoms with Gasteiger partial charge in [0.15, 0.2) is 0 Å². The van der Waals surface area contributed by atoms with Gasteiger partial charge in [-0.15, -0.1) is 0 Å². The highest BCUT2D eigenvalue weighted by molar-refractivity contribution is 5.55. The van der Waals surface area contributed by atoms with Crippen molar-refractivity contribution in [3.63, 3.8) is 0 Å². The van der Waals surface area contributed by atoms with Gasteiger partial charge in [-0.25, -0.2) is 0 Å². The van der Waals surface area contributed by atoms with E-state index in [1.807, 2.05) is 0 Å². The number of piperazine rings is 1. The lowest BCUT2D eigenvalue weighted by Crippen LogP contribution is -2.46. The van der Waals surface area contributed by atoms with Crippen LogP contribution in [0.2, 0.25) is 0 Å². The number of nitrogens with zero attached hydrogens (tertiary/aromatic N) is 2. The molecule has 1 aliphatic rings. The maximum Gasteiger partial charge on any atom is 0.0399 e. The number of benzene rings is 1. The van der Waals surface area contributed by atoms with Crippen LogP contribution < -0.4 is 4.90 Å². The Balaban J connectivity index is 2.08. The number of rotatable bonds is 4. The van der Waals surface area contributed by atoms with E-state index in [0.717, 1.165) is 0 Å². The monoisotopic (exact) mass is 260 g/mol. The highest BCUT2D eigenvalue weighted by atomic mass is 15.3. The van der Waals surface area contributed by atoms with Gasteiger partial charge in [0, 0.05) is 31.9 Å². The van der Waals surface area contributed by atoms with Crippen LogP contribution in [0.25, 0.3) is 0 Å². The van der Waals surface area contributed by atoms with Crippen LogP contribution >= 0.6 is 0 Å². The molecular weight excluding hydrogens is 232 g/mol. The standard InChI is InChI=1S/C17H28N2/c1-5-8-18-9-11-19(12-10-18)17-13-16(14(2)3)7-6-15(17)4/h6-7,13-14H,5,8-12H2,1-4H3. The molecule has 1 heterocycles. The Morgan fingerprint density at radius 2 is 1.79 bits per heavy atom. The molecule has 0 radical (unpaired) electrons. The molecule has 0 unspecified atom stereocenters. The molecule has 0 aliphatic carbocycles. The first-order chi connectivity index (χ1) is 9.11. The second kappa shape index (κ2) is 6.42. The van der Waals surface area contributed by atoms with Gasteiger partial charge in [0.1, 0.15) is 0 Å². The summed E-state index contributed by atoms with van der Waals surface area (Å²) < 4.78 is 0. The average molecular weight is 260 g/mol. The van der Waals surface area contributed by atoms with Crippen LogP contribution in [0, 0.1) is 6.92 Å². The van der Waals surface area contributed by atoms with Crippen molar-refractivity contribution in [2.45, 2.75) is 40.0 Å². The van der Waals surface area contributed by atoms with E-state index >= 15 is 0 Å². The van der Waals surface area contributed by atoms with Crippen LogP contribution in [-0.2, 0) is 0 Å². The third-order valence-electron chi connectivity index (χ3n) is 4.15. The van der Waals surface area contributed by atoms with Crippen LogP contribution in [0.15, 0.2) is 18.2 Å². The predicted octanol–water partition coefficient (Wildman–Crippen LogP) is 3.65. The molecule has 0 N–H and O–H groups in total. The minimum atomic E-state index is 0.612. The summed E-state index contributed by atoms with van der Waals surface area (Å²) in [4.78, 5) is 5.14. The number of aryl methyl sites for hydroxylation is 1. The minimum absolute atomic E-state index is 0.612. The third kappa shape index (κ3) is 3.50. The van der Waals surface area contributed by atoms with Gasteiger partial charge in [0.2, 0.25) is 0 Å². The second-order valence-electron chi connectivity index (χ2n) is 6.03. The van der Waals surface area contributed by atoms with Gasteiger partial charge >= 0.3 is 0 Å². The molecule has 0 aromatic heterocycles. The van der Waals surface area contributed by atoms with Crippen molar-refractivity contribution in [2.75, 3.05) is 37.6 Å². The summed E-state index contributed by atoms with van der Waals surface area (Å²) in [6.45, 7) is 15.0. The Bertz CT molecular complexity index is 404. The van der Waals surface area contributed by atoms with Crippen molar-refractivity contribution in [3.8, 4) is 0 Å². The largest absolute Gasteiger partial charge is 0.369 e. The zero-order valence-corrected chi connectivity index (χ0v) is 12.9. The molecule has 0 bridgehead atoms. The van der Waals surface area contributed by atoms with E-state index in [2.05, 4.69) is 55.7 Å². The fourth-order valence-corrected chi connectivity index (χ4v) is 2.85. The molecule has 1 aliphatic heterocycles. The minimum Gasteiger partial charge on any atom is -0.369 e. The lowest BCUT2D eigenvalue weighted by atomic mass is 10.00. The highest BCUT2D eigenvalue weighted by Crippen LogP contribution is 2.26. The Labute approximate surface area is 118 Å². The van der Waals surface area contributed by atoms with Gasteiger partial charge < -0.3 is 4.90 Å². The Hall–Kier alpha value is -1.02. The number of hydrogen-bond donors (Lipinski definition) is 0. The van der Waals surface area contributed by atoms with Gasteiger partial charge in [-0.3, -0.25) is 4.90 Å². The van der Waals surface area contributed by atoms with Crippen molar-refractivity contribution in [3.05, 3.63) is 29.3 Å². The molecule has 0 spiro atoms. The Morgan fingerprint density at radius 3 is 2.37 bits per heavy atom. The van der Waals surface area contributed by atoms with E-state index in [1.54, 1.807) is 0 Å². The van der Waals surface area contributed by atoms with Crippen LogP contribution in [0.5, 0.6) is 0 Å². The van der Waals surface area contributed by atoms with Gasteiger partial charge in [0.25, 0.3) is 0 Å². The zero-order chi connectivity index (χ0) is 13.8. The van der Waals surface area contributed by atoms with Crippen LogP contribution in [-0.4, -0.2) is 37.6 Å². The molecule has 1 aromatic carbocycles. The first-order valence-electron chi connectivity index (χ1n) is 7.69. The van der Waals surface area contributed by atoms with Crippen molar-refractivity contribution in [1.29, 1.82) is 0 Å². The first kappa shape index (κ1) is 14.4. The Morgan fingerprint density at radius 1 is 1.11 bits per heavy atom. The van der Waals surface area contributed by atoms with Gasteiger partial charge in [-0.1, -0.05) is 32.9 Å². The molecule has 1 fully saturated rings. The smallest absolute Gasteiger partial charge is 0.0399 e. The molecule has 0 atom stereocenters. The topological polar surface area (TPSA) is 6.48 Å². The Kier molecular flexibility index (Phi) is 4.87. The fourth-order valence-electron chi connectivity index (χ4n) is 2.85. The van der Waals surface area contributed by atoms with Crippen molar-refractivity contribution >= 4 is 5.69 Å². The molecule has 2 heteroatoms. The first-order valence-corrected chi connectivity index (χ1v) is 7.69. The lowest BCUT2D eigenvalue weighted by molar-refractivity contribution is 0.258. The van der Waals surface area contributed by atoms with Gasteiger partial charge in [-0.2, -0.15) is 0 Å². The van der Waals surface area contributed by atoms with Crippen molar-refractivity contribution < 1.29 is 0 Å². The average Bonchev–Trinajstić information content (AvgIpc) is 2.40. The van der Waals surface area contributed by atoms with Crippen LogP contribution in [0.3, 0.4) is 0 Å². The normalized spacial score (nSPS) is 17.2. The summed E-state index contributed by atoms with van der Waals surface area (Å²) in [6.07, 6.45) is 1.27. The summed E-state index contributed by atoms with van der Waals surface area (Å²) in [5.41, 5.74) is 4.31. The summed E-state index contributed by atoms with van der Waals surface area (Å²) in [6, 6.07) is 6.95. The van der Waals surface area contributed by atoms with Gasteiger partial charge in [-0.05, 0) is 43.0 Å². The maximum atomic E-state index is 2.58. The van der Waals surface area contributed by atoms with E-state index in [9.17, 15) is 0 Å². The molecule has 1 aromatic rings. The quantitative estimate of drug-likeness (QED) is 0.815. The molecular formula is C17H28N2. The maximum absolute atomic E-state index is 2.58. The van der Waals surface area contributed by atoms with Crippen molar-refractivity contribution in [2.24, 2.45) is 0 Å². The van der Waals surface area contributed by atoms with Crippen molar-refractivity contribution in [1.82, 2.24) is 4.90 Å². The fraction of sp³-hybridized carbons (Fsp3) is 0.647. The molecule has 2 nitrogen and oxygen atoms in total. The number of anilines is 1. The lowest BCUT2D eigenvalue weighted by Gasteiger charge is -2.37. The molecule has 0 amide bonds. The van der Waals surface area contributed by atoms with E-state index in [-0.39, 0.29) is 0 Å². The number of hydrogen-bond acceptors (Lipinski definition) is 2. The molecule has 2 rings (SSSR count). The van der Waals surface area contributed by atoms with E-state index < -0.39 is 0 Å². The van der Waals surface area contributed by atoms with E-state index in [0.29, 0.717) is 5.92 Å². The van der Waals surface area contributed by atoms with Crippen LogP contribution in [0.1, 0.15) is 44.2 Å². The highest BCUT2D eigenvalue weighted by Gasteiger charge is 2.18. The summed E-state index contributed by atoms with van der Waals surface area (Å²) >= 11 is 0. The molecule has 106 valence electrons. The molecule has 19 heavy (non-hydrogen) atoms. The molecule has 1 saturated heterocycles. The summed E-state index contributed by atoms with van der Waals surface area (Å²) in [5.74, 6) is 0.612. The third-order valence-corrected chi connectivity index (χ3v) is 4.15. The van der Waals surface area contributed by atoms with Crippen LogP contribution in [0.4, 0.5) is 5.69 Å². The van der Waals surface area contributed by atoms with Gasteiger partial charge in [0.05, 0.1) is 0 Å². The second-order valence-corrected chi connectivity index (χ2v) is 6.03. The summed E-state index contributed by atoms with van der Waals surface area (Å²) in [7, 11) is 0. The zero-order valence-electron chi connectivity index (χ0n) is 12.9. The predicted molar refractivity (Wildman–Crippen MR) is 84.2 cm³/mol. The summed E-state index contributed by atoms with van der Waals surface area (Å²) in [5, 5.41) is 0. The van der Waals surface area contributed by atoms with E-state index in [1.165, 1.54) is 56.0 Å².